The van der Waals surface area contributed by atoms with Crippen LogP contribution in [0.5, 0.6) is 0 Å². The third-order valence-corrected chi connectivity index (χ3v) is 3.55. The monoisotopic (exact) mass is 183 g/mol. The molecule has 1 saturated carbocycles. The van der Waals surface area contributed by atoms with Gasteiger partial charge in [0.1, 0.15) is 0 Å². The van der Waals surface area contributed by atoms with Crippen LogP contribution in [0.4, 0.5) is 0 Å². The molecule has 0 heterocycles. The number of thioether (sulfide) groups is 1. The van der Waals surface area contributed by atoms with Crippen molar-refractivity contribution >= 4 is 11.8 Å². The van der Waals surface area contributed by atoms with Gasteiger partial charge in [0.05, 0.1) is 6.54 Å². The van der Waals surface area contributed by atoms with Crippen LogP contribution in [0.3, 0.4) is 0 Å². The first kappa shape index (κ1) is 9.95. The van der Waals surface area contributed by atoms with E-state index in [2.05, 4.69) is 17.5 Å². The van der Waals surface area contributed by atoms with Crippen LogP contribution in [0.2, 0.25) is 0 Å². The van der Waals surface area contributed by atoms with Gasteiger partial charge in [0.25, 0.3) is 0 Å². The lowest BCUT2D eigenvalue weighted by molar-refractivity contribution is 0.394. The zero-order chi connectivity index (χ0) is 8.81. The van der Waals surface area contributed by atoms with Crippen molar-refractivity contribution in [1.29, 1.82) is 0 Å². The highest BCUT2D eigenvalue weighted by Crippen LogP contribution is 2.26. The lowest BCUT2D eigenvalue weighted by atomic mass is 9.95. The first-order valence-corrected chi connectivity index (χ1v) is 5.85. The molecule has 1 N–H and O–H groups in total. The summed E-state index contributed by atoms with van der Waals surface area (Å²) in [5, 5.41) is 4.24. The van der Waals surface area contributed by atoms with E-state index in [0.29, 0.717) is 6.04 Å². The maximum atomic E-state index is 5.20. The van der Waals surface area contributed by atoms with Gasteiger partial charge in [0.2, 0.25) is 0 Å². The summed E-state index contributed by atoms with van der Waals surface area (Å²) in [6, 6.07) is 0.673. The fourth-order valence-corrected chi connectivity index (χ4v) is 2.57. The fourth-order valence-electron chi connectivity index (χ4n) is 1.75. The molecule has 1 nitrogen and oxygen atoms in total. The molecule has 0 radical (unpaired) electrons. The summed E-state index contributed by atoms with van der Waals surface area (Å²) in [5.74, 6) is 2.63. The Kier molecular flexibility index (Phi) is 4.57. The standard InChI is InChI=1S/C10H17NS/c1-3-7-11-9-5-4-6-10(8-9)12-2/h1,9-11H,4-8H2,2H3. The smallest absolute Gasteiger partial charge is 0.0575 e. The minimum Gasteiger partial charge on any atom is -0.303 e. The largest absolute Gasteiger partial charge is 0.303 e. The normalized spacial score (nSPS) is 29.7. The zero-order valence-electron chi connectivity index (χ0n) is 7.68. The molecule has 0 spiro atoms. The summed E-state index contributed by atoms with van der Waals surface area (Å²) in [4.78, 5) is 0. The Balaban J connectivity index is 2.22. The minimum absolute atomic E-state index is 0.673. The van der Waals surface area contributed by atoms with Crippen LogP contribution < -0.4 is 5.32 Å². The molecule has 0 aromatic heterocycles. The van der Waals surface area contributed by atoms with Crippen molar-refractivity contribution in [3.63, 3.8) is 0 Å². The van der Waals surface area contributed by atoms with Crippen LogP contribution in [0, 0.1) is 12.3 Å². The van der Waals surface area contributed by atoms with Gasteiger partial charge in [-0.1, -0.05) is 12.3 Å². The van der Waals surface area contributed by atoms with Gasteiger partial charge in [0.15, 0.2) is 0 Å². The van der Waals surface area contributed by atoms with E-state index in [0.717, 1.165) is 11.8 Å². The predicted octanol–water partition coefficient (Wildman–Crippen LogP) is 1.88. The first-order valence-electron chi connectivity index (χ1n) is 4.56. The van der Waals surface area contributed by atoms with Crippen LogP contribution in [0.25, 0.3) is 0 Å². The molecular weight excluding hydrogens is 166 g/mol. The number of terminal acetylenes is 1. The SMILES string of the molecule is C#CCNC1CCCC(SC)C1. The van der Waals surface area contributed by atoms with Gasteiger partial charge in [-0.05, 0) is 25.5 Å². The summed E-state index contributed by atoms with van der Waals surface area (Å²) >= 11 is 1.99. The molecule has 12 heavy (non-hydrogen) atoms. The summed E-state index contributed by atoms with van der Waals surface area (Å²) in [7, 11) is 0. The Morgan fingerprint density at radius 2 is 2.42 bits per heavy atom. The van der Waals surface area contributed by atoms with E-state index in [1.807, 2.05) is 11.8 Å². The highest BCUT2D eigenvalue weighted by molar-refractivity contribution is 7.99. The molecule has 1 aliphatic carbocycles. The average molecular weight is 183 g/mol. The molecule has 0 aliphatic heterocycles. The van der Waals surface area contributed by atoms with Crippen molar-refractivity contribution < 1.29 is 0 Å². The van der Waals surface area contributed by atoms with Crippen molar-refractivity contribution in [2.45, 2.75) is 37.0 Å². The highest BCUT2D eigenvalue weighted by atomic mass is 32.2. The van der Waals surface area contributed by atoms with E-state index in [4.69, 9.17) is 6.42 Å². The predicted molar refractivity (Wildman–Crippen MR) is 56.4 cm³/mol. The van der Waals surface area contributed by atoms with Gasteiger partial charge in [0, 0.05) is 11.3 Å². The Morgan fingerprint density at radius 3 is 3.08 bits per heavy atom. The lowest BCUT2D eigenvalue weighted by Gasteiger charge is -2.28. The molecule has 2 heteroatoms. The lowest BCUT2D eigenvalue weighted by Crippen LogP contribution is -2.35. The third-order valence-electron chi connectivity index (χ3n) is 2.45. The number of nitrogens with one attached hydrogen (secondary N) is 1. The van der Waals surface area contributed by atoms with Gasteiger partial charge in [-0.2, -0.15) is 11.8 Å². The van der Waals surface area contributed by atoms with Gasteiger partial charge >= 0.3 is 0 Å². The summed E-state index contributed by atoms with van der Waals surface area (Å²) in [5.41, 5.74) is 0. The molecule has 0 aromatic rings. The summed E-state index contributed by atoms with van der Waals surface area (Å²) in [6.45, 7) is 0.728. The molecule has 68 valence electrons. The summed E-state index contributed by atoms with van der Waals surface area (Å²) < 4.78 is 0. The molecule has 0 amide bonds. The average Bonchev–Trinajstić information content (AvgIpc) is 2.15. The number of hydrogen-bond acceptors (Lipinski definition) is 2. The van der Waals surface area contributed by atoms with Crippen LogP contribution in [0.15, 0.2) is 0 Å². The Hall–Kier alpha value is -0.130. The molecule has 0 bridgehead atoms. The Morgan fingerprint density at radius 1 is 1.58 bits per heavy atom. The fraction of sp³-hybridized carbons (Fsp3) is 0.800. The van der Waals surface area contributed by atoms with Gasteiger partial charge < -0.3 is 5.32 Å². The maximum absolute atomic E-state index is 5.20. The number of rotatable bonds is 3. The van der Waals surface area contributed by atoms with Crippen molar-refractivity contribution in [2.75, 3.05) is 12.8 Å². The van der Waals surface area contributed by atoms with E-state index in [1.54, 1.807) is 0 Å². The molecule has 2 unspecified atom stereocenters. The maximum Gasteiger partial charge on any atom is 0.0575 e. The van der Waals surface area contributed by atoms with E-state index in [9.17, 15) is 0 Å². The minimum atomic E-state index is 0.673. The number of hydrogen-bond donors (Lipinski definition) is 1. The highest BCUT2D eigenvalue weighted by Gasteiger charge is 2.19. The molecule has 1 rings (SSSR count). The van der Waals surface area contributed by atoms with Crippen LogP contribution in [-0.4, -0.2) is 24.1 Å². The van der Waals surface area contributed by atoms with Crippen LogP contribution in [-0.2, 0) is 0 Å². The van der Waals surface area contributed by atoms with E-state index in [1.165, 1.54) is 25.7 Å². The molecule has 1 fully saturated rings. The topological polar surface area (TPSA) is 12.0 Å². The van der Waals surface area contributed by atoms with E-state index >= 15 is 0 Å². The first-order chi connectivity index (χ1) is 5.86. The van der Waals surface area contributed by atoms with E-state index < -0.39 is 0 Å². The van der Waals surface area contributed by atoms with Gasteiger partial charge in [-0.25, -0.2) is 0 Å². The zero-order valence-corrected chi connectivity index (χ0v) is 8.49. The molecule has 1 aliphatic rings. The Labute approximate surface area is 79.7 Å². The quantitative estimate of drug-likeness (QED) is 0.671. The molecule has 0 saturated heterocycles. The molecular formula is C10H17NS. The van der Waals surface area contributed by atoms with Crippen LogP contribution >= 0.6 is 11.8 Å². The van der Waals surface area contributed by atoms with Crippen molar-refractivity contribution in [3.05, 3.63) is 0 Å². The second-order valence-electron chi connectivity index (χ2n) is 3.31. The van der Waals surface area contributed by atoms with Gasteiger partial charge in [-0.15, -0.1) is 6.42 Å². The molecule has 0 aromatic carbocycles. The van der Waals surface area contributed by atoms with Crippen LogP contribution in [0.1, 0.15) is 25.7 Å². The second-order valence-corrected chi connectivity index (χ2v) is 4.44. The van der Waals surface area contributed by atoms with E-state index in [-0.39, 0.29) is 0 Å². The Bertz CT molecular complexity index is 162. The van der Waals surface area contributed by atoms with Gasteiger partial charge in [-0.3, -0.25) is 0 Å². The van der Waals surface area contributed by atoms with Crippen molar-refractivity contribution in [3.8, 4) is 12.3 Å². The summed E-state index contributed by atoms with van der Waals surface area (Å²) in [6.07, 6.45) is 12.7. The second kappa shape index (κ2) is 5.50. The van der Waals surface area contributed by atoms with Crippen molar-refractivity contribution in [2.24, 2.45) is 0 Å². The molecule has 2 atom stereocenters. The van der Waals surface area contributed by atoms with Crippen molar-refractivity contribution in [1.82, 2.24) is 5.32 Å². The third kappa shape index (κ3) is 3.08.